The van der Waals surface area contributed by atoms with Crippen molar-refractivity contribution in [3.8, 4) is 11.4 Å². The van der Waals surface area contributed by atoms with Gasteiger partial charge in [0.2, 0.25) is 0 Å². The second-order valence-corrected chi connectivity index (χ2v) is 7.27. The molecule has 1 fully saturated rings. The van der Waals surface area contributed by atoms with Crippen molar-refractivity contribution in [3.05, 3.63) is 71.5 Å². The van der Waals surface area contributed by atoms with Crippen LogP contribution in [0.5, 0.6) is 5.75 Å². The molecule has 0 unspecified atom stereocenters. The maximum absolute atomic E-state index is 13.3. The Morgan fingerprint density at radius 1 is 1.10 bits per heavy atom. The number of hydrogen-bond donors (Lipinski definition) is 0. The van der Waals surface area contributed by atoms with Crippen molar-refractivity contribution in [1.29, 1.82) is 0 Å². The van der Waals surface area contributed by atoms with Gasteiger partial charge >= 0.3 is 0 Å². The fourth-order valence-corrected chi connectivity index (χ4v) is 3.69. The monoisotopic (exact) mass is 406 g/mol. The molecule has 8 heteroatoms. The summed E-state index contributed by atoms with van der Waals surface area (Å²) in [5, 5.41) is 8.46. The normalized spacial score (nSPS) is 15.7. The van der Waals surface area contributed by atoms with Gasteiger partial charge in [0.15, 0.2) is 6.29 Å². The fraction of sp³-hybridized carbons (Fsp3) is 0.318. The maximum Gasteiger partial charge on any atom is 0.254 e. The molecule has 2 aromatic carbocycles. The van der Waals surface area contributed by atoms with Gasteiger partial charge in [0, 0.05) is 12.0 Å². The summed E-state index contributed by atoms with van der Waals surface area (Å²) in [4.78, 5) is 15.0. The van der Waals surface area contributed by atoms with Gasteiger partial charge in [0.1, 0.15) is 11.4 Å². The lowest BCUT2D eigenvalue weighted by Gasteiger charge is -2.24. The molecule has 0 aliphatic carbocycles. The third kappa shape index (κ3) is 3.92. The molecular formula is C22H22N4O4. The topological polar surface area (TPSA) is 78.7 Å². The van der Waals surface area contributed by atoms with E-state index in [0.717, 1.165) is 23.4 Å². The molecule has 8 nitrogen and oxygen atoms in total. The van der Waals surface area contributed by atoms with Crippen LogP contribution in [0.4, 0.5) is 0 Å². The van der Waals surface area contributed by atoms with Crippen molar-refractivity contribution in [1.82, 2.24) is 19.9 Å². The lowest BCUT2D eigenvalue weighted by atomic mass is 10.1. The van der Waals surface area contributed by atoms with Gasteiger partial charge in [-0.1, -0.05) is 23.4 Å². The number of aromatic nitrogens is 3. The average molecular weight is 406 g/mol. The average Bonchev–Trinajstić information content (AvgIpc) is 3.55. The highest BCUT2D eigenvalue weighted by atomic mass is 16.7. The lowest BCUT2D eigenvalue weighted by molar-refractivity contribution is -0.0586. The summed E-state index contributed by atoms with van der Waals surface area (Å²) in [5.74, 6) is 0.754. The van der Waals surface area contributed by atoms with Crippen LogP contribution in [0, 0.1) is 0 Å². The molecule has 30 heavy (non-hydrogen) atoms. The number of fused-ring (bicyclic) bond motifs is 1. The first-order chi connectivity index (χ1) is 14.8. The van der Waals surface area contributed by atoms with Gasteiger partial charge in [-0.2, -0.15) is 0 Å². The summed E-state index contributed by atoms with van der Waals surface area (Å²) in [5.41, 5.74) is 3.28. The summed E-state index contributed by atoms with van der Waals surface area (Å²) >= 11 is 0. The Hall–Kier alpha value is -3.23. The van der Waals surface area contributed by atoms with Gasteiger partial charge in [-0.3, -0.25) is 4.79 Å². The van der Waals surface area contributed by atoms with E-state index in [9.17, 15) is 4.79 Å². The SMILES string of the molecule is O=C(c1ccc2c(c1)CCO2)N(Cc1cn(-c2ccccc2)nn1)CC1OCCO1. The largest absolute Gasteiger partial charge is 0.493 e. The van der Waals surface area contributed by atoms with Gasteiger partial charge < -0.3 is 19.1 Å². The van der Waals surface area contributed by atoms with E-state index >= 15 is 0 Å². The van der Waals surface area contributed by atoms with E-state index in [0.29, 0.717) is 44.2 Å². The fourth-order valence-electron chi connectivity index (χ4n) is 3.69. The van der Waals surface area contributed by atoms with Crippen LogP contribution in [0.15, 0.2) is 54.7 Å². The van der Waals surface area contributed by atoms with Crippen molar-refractivity contribution in [2.45, 2.75) is 19.3 Å². The first-order valence-electron chi connectivity index (χ1n) is 10.0. The molecule has 1 aromatic heterocycles. The Morgan fingerprint density at radius 2 is 1.93 bits per heavy atom. The van der Waals surface area contributed by atoms with Crippen LogP contribution in [-0.2, 0) is 22.4 Å². The second-order valence-electron chi connectivity index (χ2n) is 7.27. The van der Waals surface area contributed by atoms with Crippen LogP contribution in [0.25, 0.3) is 5.69 Å². The van der Waals surface area contributed by atoms with Crippen LogP contribution < -0.4 is 4.74 Å². The van der Waals surface area contributed by atoms with Gasteiger partial charge in [0.05, 0.1) is 44.8 Å². The highest BCUT2D eigenvalue weighted by Gasteiger charge is 2.26. The molecule has 5 rings (SSSR count). The second kappa shape index (κ2) is 8.25. The summed E-state index contributed by atoms with van der Waals surface area (Å²) < 4.78 is 18.4. The third-order valence-corrected chi connectivity index (χ3v) is 5.20. The van der Waals surface area contributed by atoms with Gasteiger partial charge in [-0.25, -0.2) is 4.68 Å². The molecule has 1 amide bonds. The molecule has 154 valence electrons. The highest BCUT2D eigenvalue weighted by molar-refractivity contribution is 5.94. The quantitative estimate of drug-likeness (QED) is 0.625. The van der Waals surface area contributed by atoms with Crippen LogP contribution in [0.1, 0.15) is 21.6 Å². The molecule has 0 N–H and O–H groups in total. The van der Waals surface area contributed by atoms with Crippen molar-refractivity contribution in [3.63, 3.8) is 0 Å². The van der Waals surface area contributed by atoms with Crippen molar-refractivity contribution in [2.75, 3.05) is 26.4 Å². The molecule has 1 saturated heterocycles. The number of rotatable bonds is 6. The standard InChI is InChI=1S/C22H22N4O4/c27-22(17-6-7-20-16(12-17)8-9-28-20)25(15-21-29-10-11-30-21)13-18-14-26(24-23-18)19-4-2-1-3-5-19/h1-7,12,14,21H,8-11,13,15H2. The number of nitrogens with zero attached hydrogens (tertiary/aromatic N) is 4. The summed E-state index contributed by atoms with van der Waals surface area (Å²) in [6, 6.07) is 15.3. The van der Waals surface area contributed by atoms with E-state index in [-0.39, 0.29) is 5.91 Å². The molecule has 0 bridgehead atoms. The number of benzene rings is 2. The Morgan fingerprint density at radius 3 is 2.77 bits per heavy atom. The molecule has 0 radical (unpaired) electrons. The number of carbonyl (C=O) groups is 1. The zero-order chi connectivity index (χ0) is 20.3. The Labute approximate surface area is 174 Å². The number of hydrogen-bond acceptors (Lipinski definition) is 6. The predicted molar refractivity (Wildman–Crippen MR) is 107 cm³/mol. The van der Waals surface area contributed by atoms with Crippen LogP contribution in [-0.4, -0.2) is 58.5 Å². The summed E-state index contributed by atoms with van der Waals surface area (Å²) in [6.45, 7) is 2.36. The van der Waals surface area contributed by atoms with E-state index in [1.54, 1.807) is 15.6 Å². The third-order valence-electron chi connectivity index (χ3n) is 5.20. The van der Waals surface area contributed by atoms with E-state index in [2.05, 4.69) is 10.3 Å². The van der Waals surface area contributed by atoms with Crippen molar-refractivity contribution in [2.24, 2.45) is 0 Å². The van der Waals surface area contributed by atoms with E-state index in [4.69, 9.17) is 14.2 Å². The Balaban J connectivity index is 1.38. The summed E-state index contributed by atoms with van der Waals surface area (Å²) in [6.07, 6.45) is 2.22. The molecule has 2 aliphatic rings. The molecule has 0 saturated carbocycles. The number of ether oxygens (including phenoxy) is 3. The minimum atomic E-state index is -0.434. The zero-order valence-corrected chi connectivity index (χ0v) is 16.4. The molecule has 3 aromatic rings. The Kier molecular flexibility index (Phi) is 5.17. The Bertz CT molecular complexity index is 1030. The van der Waals surface area contributed by atoms with Crippen molar-refractivity contribution >= 4 is 5.91 Å². The minimum Gasteiger partial charge on any atom is -0.493 e. The van der Waals surface area contributed by atoms with E-state index in [1.807, 2.05) is 48.7 Å². The summed E-state index contributed by atoms with van der Waals surface area (Å²) in [7, 11) is 0. The van der Waals surface area contributed by atoms with Gasteiger partial charge in [-0.15, -0.1) is 5.10 Å². The van der Waals surface area contributed by atoms with Gasteiger partial charge in [-0.05, 0) is 35.9 Å². The van der Waals surface area contributed by atoms with Crippen LogP contribution in [0.2, 0.25) is 0 Å². The molecule has 0 atom stereocenters. The predicted octanol–water partition coefficient (Wildman–Crippen LogP) is 2.22. The van der Waals surface area contributed by atoms with Crippen LogP contribution in [0.3, 0.4) is 0 Å². The molecule has 3 heterocycles. The first kappa shape index (κ1) is 18.8. The highest BCUT2D eigenvalue weighted by Crippen LogP contribution is 2.26. The molecular weight excluding hydrogens is 384 g/mol. The maximum atomic E-state index is 13.3. The lowest BCUT2D eigenvalue weighted by Crippen LogP contribution is -2.37. The number of para-hydroxylation sites is 1. The molecule has 0 spiro atoms. The first-order valence-corrected chi connectivity index (χ1v) is 10.0. The number of carbonyl (C=O) groups excluding carboxylic acids is 1. The molecule has 2 aliphatic heterocycles. The van der Waals surface area contributed by atoms with E-state index in [1.165, 1.54) is 0 Å². The van der Waals surface area contributed by atoms with Crippen molar-refractivity contribution < 1.29 is 19.0 Å². The zero-order valence-electron chi connectivity index (χ0n) is 16.4. The minimum absolute atomic E-state index is 0.0990. The smallest absolute Gasteiger partial charge is 0.254 e. The van der Waals surface area contributed by atoms with Gasteiger partial charge in [0.25, 0.3) is 5.91 Å². The number of amides is 1. The van der Waals surface area contributed by atoms with Crippen LogP contribution >= 0.6 is 0 Å². The van der Waals surface area contributed by atoms with E-state index < -0.39 is 6.29 Å².